The number of hydrogen-bond donors (Lipinski definition) is 5. The lowest BCUT2D eigenvalue weighted by Crippen LogP contribution is -2.43. The number of aliphatic hydroxyl groups excluding tert-OH is 1. The minimum atomic E-state index is -3.58. The lowest BCUT2D eigenvalue weighted by Gasteiger charge is -2.28. The molecule has 0 radical (unpaired) electrons. The van der Waals surface area contributed by atoms with Gasteiger partial charge < -0.3 is 20.8 Å². The van der Waals surface area contributed by atoms with Gasteiger partial charge in [0.25, 0.3) is 0 Å². The van der Waals surface area contributed by atoms with Crippen LogP contribution in [0.3, 0.4) is 0 Å². The molecule has 1 amide bonds. The second-order valence-electron chi connectivity index (χ2n) is 10.1. The highest BCUT2D eigenvalue weighted by Crippen LogP contribution is 2.28. The van der Waals surface area contributed by atoms with E-state index in [2.05, 4.69) is 15.4 Å². The average molecular weight is 595 g/mol. The Morgan fingerprint density at radius 3 is 2.23 bits per heavy atom. The Morgan fingerprint density at radius 1 is 0.949 bits per heavy atom. The second-order valence-corrected chi connectivity index (χ2v) is 12.7. The quantitative estimate of drug-likeness (QED) is 0.196. The van der Waals surface area contributed by atoms with Crippen LogP contribution in [-0.2, 0) is 34.2 Å². The van der Waals surface area contributed by atoms with Crippen molar-refractivity contribution in [1.29, 1.82) is 0 Å². The van der Waals surface area contributed by atoms with Crippen LogP contribution in [0.15, 0.2) is 60.7 Å². The number of carbonyl (C=O) groups is 1. The van der Waals surface area contributed by atoms with E-state index in [1.807, 2.05) is 44.2 Å². The van der Waals surface area contributed by atoms with Gasteiger partial charge in [0.1, 0.15) is 5.75 Å². The number of benzene rings is 3. The maximum atomic E-state index is 12.4. The number of phenols is 1. The first kappa shape index (κ1) is 30.7. The van der Waals surface area contributed by atoms with Crippen molar-refractivity contribution in [2.45, 2.75) is 44.9 Å². The van der Waals surface area contributed by atoms with Crippen LogP contribution in [0.5, 0.6) is 5.75 Å². The minimum absolute atomic E-state index is 0.0106. The molecule has 0 aromatic heterocycles. The Bertz CT molecular complexity index is 1410. The van der Waals surface area contributed by atoms with E-state index in [1.165, 1.54) is 12.1 Å². The van der Waals surface area contributed by atoms with Gasteiger partial charge in [-0.05, 0) is 66.8 Å². The summed E-state index contributed by atoms with van der Waals surface area (Å²) in [6, 6.07) is 17.3. The molecule has 3 rings (SSSR count). The molecule has 0 aliphatic heterocycles. The molecule has 0 heterocycles. The van der Waals surface area contributed by atoms with E-state index in [1.54, 1.807) is 18.2 Å². The summed E-state index contributed by atoms with van der Waals surface area (Å²) in [7, 11) is -3.58. The Balaban J connectivity index is 1.50. The lowest BCUT2D eigenvalue weighted by molar-refractivity contribution is -0.120. The van der Waals surface area contributed by atoms with Crippen LogP contribution in [0.1, 0.15) is 42.2 Å². The Morgan fingerprint density at radius 2 is 1.59 bits per heavy atom. The summed E-state index contributed by atoms with van der Waals surface area (Å²) in [5, 5.41) is 27.7. The zero-order valence-corrected chi connectivity index (χ0v) is 24.3. The second kappa shape index (κ2) is 13.0. The molecule has 0 aliphatic rings. The number of nitrogens with one attached hydrogen (secondary N) is 3. The molecule has 0 unspecified atom stereocenters. The van der Waals surface area contributed by atoms with Crippen LogP contribution < -0.4 is 15.4 Å². The largest absolute Gasteiger partial charge is 0.506 e. The molecule has 11 heteroatoms. The van der Waals surface area contributed by atoms with E-state index >= 15 is 0 Å². The van der Waals surface area contributed by atoms with Crippen molar-refractivity contribution in [3.05, 3.63) is 93.0 Å². The summed E-state index contributed by atoms with van der Waals surface area (Å²) in [5.41, 5.74) is 2.92. The summed E-state index contributed by atoms with van der Waals surface area (Å²) in [4.78, 5) is 12.4. The number of amides is 1. The Labute approximate surface area is 239 Å². The van der Waals surface area contributed by atoms with Gasteiger partial charge in [-0.2, -0.15) is 0 Å². The summed E-state index contributed by atoms with van der Waals surface area (Å²) in [5.74, 6) is -0.328. The van der Waals surface area contributed by atoms with Crippen molar-refractivity contribution in [2.24, 2.45) is 0 Å². The SMILES string of the molecule is CC(C)(Cc1ccc(CC(=O)NCc2ccc(Cl)c(Cl)c2)cc1)NC[C@@H](O)c1ccc(O)c(NS(C)(=O)=O)c1. The molecule has 0 saturated carbocycles. The number of aromatic hydroxyl groups is 1. The number of sulfonamides is 1. The standard InChI is InChI=1S/C28H33Cl2N3O5S/c1-28(2,32-17-26(35)21-9-11-25(34)24(14-21)33-39(3,37)38)15-19-6-4-18(5-7-19)13-27(36)31-16-20-8-10-22(29)23(30)12-20/h4-12,14,26,32-35H,13,15-17H2,1-3H3,(H,31,36)/t26-/m1/s1. The molecule has 0 bridgehead atoms. The third-order valence-electron chi connectivity index (χ3n) is 5.98. The van der Waals surface area contributed by atoms with E-state index in [9.17, 15) is 23.4 Å². The molecule has 0 aliphatic carbocycles. The predicted molar refractivity (Wildman–Crippen MR) is 156 cm³/mol. The molecule has 39 heavy (non-hydrogen) atoms. The normalized spacial score (nSPS) is 12.7. The minimum Gasteiger partial charge on any atom is -0.506 e. The zero-order chi connectivity index (χ0) is 28.8. The smallest absolute Gasteiger partial charge is 0.229 e. The monoisotopic (exact) mass is 593 g/mol. The van der Waals surface area contributed by atoms with Gasteiger partial charge >= 0.3 is 0 Å². The van der Waals surface area contributed by atoms with Gasteiger partial charge in [0, 0.05) is 18.6 Å². The molecular weight excluding hydrogens is 561 g/mol. The molecule has 210 valence electrons. The van der Waals surface area contributed by atoms with Crippen LogP contribution in [0.4, 0.5) is 5.69 Å². The fourth-order valence-electron chi connectivity index (χ4n) is 3.98. The topological polar surface area (TPSA) is 128 Å². The van der Waals surface area contributed by atoms with Gasteiger partial charge in [0.05, 0.1) is 34.5 Å². The number of hydrogen-bond acceptors (Lipinski definition) is 6. The first-order valence-electron chi connectivity index (χ1n) is 12.2. The third kappa shape index (κ3) is 10.0. The zero-order valence-electron chi connectivity index (χ0n) is 22.0. The number of phenolic OH excluding ortho intramolecular Hbond substituents is 1. The third-order valence-corrected chi connectivity index (χ3v) is 7.31. The van der Waals surface area contributed by atoms with E-state index < -0.39 is 16.1 Å². The number of anilines is 1. The number of aliphatic hydroxyl groups is 1. The Hall–Kier alpha value is -2.82. The van der Waals surface area contributed by atoms with Crippen molar-refractivity contribution in [3.8, 4) is 5.75 Å². The van der Waals surface area contributed by atoms with E-state index in [0.29, 0.717) is 28.6 Å². The molecule has 1 atom stereocenters. The molecular formula is C28H33Cl2N3O5S. The molecule has 0 saturated heterocycles. The number of carbonyl (C=O) groups excluding carboxylic acids is 1. The molecule has 3 aromatic carbocycles. The molecule has 0 spiro atoms. The molecule has 0 fully saturated rings. The fraction of sp³-hybridized carbons (Fsp3) is 0.321. The molecule has 3 aromatic rings. The van der Waals surface area contributed by atoms with Gasteiger partial charge in [-0.25, -0.2) is 8.42 Å². The summed E-state index contributed by atoms with van der Waals surface area (Å²) in [6.07, 6.45) is 0.980. The van der Waals surface area contributed by atoms with E-state index in [4.69, 9.17) is 23.2 Å². The highest BCUT2D eigenvalue weighted by Gasteiger charge is 2.21. The van der Waals surface area contributed by atoms with Crippen LogP contribution in [0.25, 0.3) is 0 Å². The molecule has 8 nitrogen and oxygen atoms in total. The van der Waals surface area contributed by atoms with Gasteiger partial charge in [-0.15, -0.1) is 0 Å². The van der Waals surface area contributed by atoms with Gasteiger partial charge in [-0.1, -0.05) is 59.6 Å². The average Bonchev–Trinajstić information content (AvgIpc) is 2.85. The maximum absolute atomic E-state index is 12.4. The highest BCUT2D eigenvalue weighted by molar-refractivity contribution is 7.92. The van der Waals surface area contributed by atoms with Crippen molar-refractivity contribution in [3.63, 3.8) is 0 Å². The number of halogens is 2. The first-order valence-corrected chi connectivity index (χ1v) is 14.9. The van der Waals surface area contributed by atoms with Crippen molar-refractivity contribution >= 4 is 44.8 Å². The van der Waals surface area contributed by atoms with Gasteiger partial charge in [-0.3, -0.25) is 9.52 Å². The fourth-order valence-corrected chi connectivity index (χ4v) is 4.86. The maximum Gasteiger partial charge on any atom is 0.229 e. The first-order chi connectivity index (χ1) is 18.2. The summed E-state index contributed by atoms with van der Waals surface area (Å²) < 4.78 is 25.3. The van der Waals surface area contributed by atoms with Crippen LogP contribution in [-0.4, -0.2) is 42.9 Å². The molecule has 5 N–H and O–H groups in total. The predicted octanol–water partition coefficient (Wildman–Crippen LogP) is 4.57. The number of β-amino-alcohol motifs (C(OH)–C–C–N with tert-alkyl or cyclic N) is 1. The number of rotatable bonds is 12. The summed E-state index contributed by atoms with van der Waals surface area (Å²) in [6.45, 7) is 4.60. The van der Waals surface area contributed by atoms with Gasteiger partial charge in [0.15, 0.2) is 0 Å². The summed E-state index contributed by atoms with van der Waals surface area (Å²) >= 11 is 11.9. The van der Waals surface area contributed by atoms with Crippen LogP contribution in [0, 0.1) is 0 Å². The van der Waals surface area contributed by atoms with Crippen molar-refractivity contribution in [1.82, 2.24) is 10.6 Å². The van der Waals surface area contributed by atoms with Gasteiger partial charge in [0.2, 0.25) is 15.9 Å². The van der Waals surface area contributed by atoms with E-state index in [-0.39, 0.29) is 35.8 Å². The van der Waals surface area contributed by atoms with Crippen molar-refractivity contribution < 1.29 is 23.4 Å². The lowest BCUT2D eigenvalue weighted by atomic mass is 9.93. The Kier molecular flexibility index (Phi) is 10.3. The highest BCUT2D eigenvalue weighted by atomic mass is 35.5. The van der Waals surface area contributed by atoms with Crippen molar-refractivity contribution in [2.75, 3.05) is 17.5 Å². The van der Waals surface area contributed by atoms with E-state index in [0.717, 1.165) is 22.9 Å². The van der Waals surface area contributed by atoms with Crippen LogP contribution in [0.2, 0.25) is 10.0 Å². The van der Waals surface area contributed by atoms with Crippen LogP contribution >= 0.6 is 23.2 Å².